The number of piperidine rings is 2. The van der Waals surface area contributed by atoms with Gasteiger partial charge in [0.15, 0.2) is 5.78 Å². The number of Topliss-reactive ketones (excluding diaryl/α,β-unsaturated/α-hetero) is 1. The van der Waals surface area contributed by atoms with Crippen LogP contribution < -0.4 is 4.74 Å². The maximum Gasteiger partial charge on any atom is 0.167 e. The first-order valence-electron chi connectivity index (χ1n) is 10.9. The summed E-state index contributed by atoms with van der Waals surface area (Å²) in [7, 11) is 1.65. The normalized spacial score (nSPS) is 21.8. The molecule has 4 nitrogen and oxygen atoms in total. The fourth-order valence-corrected chi connectivity index (χ4v) is 4.85. The first-order valence-corrected chi connectivity index (χ1v) is 10.9. The van der Waals surface area contributed by atoms with Gasteiger partial charge in [-0.2, -0.15) is 0 Å². The van der Waals surface area contributed by atoms with Gasteiger partial charge in [-0.15, -0.1) is 0 Å². The van der Waals surface area contributed by atoms with Crippen molar-refractivity contribution in [1.29, 1.82) is 0 Å². The minimum atomic E-state index is 0.109. The van der Waals surface area contributed by atoms with Gasteiger partial charge in [0.05, 0.1) is 7.11 Å². The summed E-state index contributed by atoms with van der Waals surface area (Å²) in [6.45, 7) is 5.37. The third-order valence-electron chi connectivity index (χ3n) is 6.50. The lowest BCUT2D eigenvalue weighted by molar-refractivity contribution is 0.0584. The number of carbonyl (C=O) groups is 1. The first-order chi connectivity index (χ1) is 14.2. The second-order valence-electron chi connectivity index (χ2n) is 8.42. The van der Waals surface area contributed by atoms with Crippen LogP contribution in [-0.4, -0.2) is 54.9 Å². The molecule has 4 heteroatoms. The highest BCUT2D eigenvalue weighted by Crippen LogP contribution is 2.27. The van der Waals surface area contributed by atoms with E-state index >= 15 is 0 Å². The molecule has 2 aromatic carbocycles. The predicted molar refractivity (Wildman–Crippen MR) is 116 cm³/mol. The lowest BCUT2D eigenvalue weighted by Gasteiger charge is -2.42. The Kier molecular flexibility index (Phi) is 6.63. The number of hydrogen-bond acceptors (Lipinski definition) is 4. The zero-order valence-corrected chi connectivity index (χ0v) is 17.4. The fourth-order valence-electron chi connectivity index (χ4n) is 4.85. The molecule has 29 heavy (non-hydrogen) atoms. The van der Waals surface area contributed by atoms with E-state index in [0.717, 1.165) is 56.9 Å². The van der Waals surface area contributed by atoms with Gasteiger partial charge in [0.2, 0.25) is 0 Å². The Morgan fingerprint density at radius 2 is 1.79 bits per heavy atom. The van der Waals surface area contributed by atoms with Gasteiger partial charge in [-0.3, -0.25) is 14.6 Å². The lowest BCUT2D eigenvalue weighted by atomic mass is 9.88. The van der Waals surface area contributed by atoms with Crippen molar-refractivity contribution in [3.63, 3.8) is 0 Å². The molecule has 0 bridgehead atoms. The Balaban J connectivity index is 1.31. The SMILES string of the molecule is COc1cccc(C(=O)[C@H]2CCCN(C3CCN(Cc4ccccc4)CC3)C2)c1. The molecular weight excluding hydrogens is 360 g/mol. The van der Waals surface area contributed by atoms with E-state index in [1.165, 1.54) is 18.4 Å². The first kappa shape index (κ1) is 20.1. The summed E-state index contributed by atoms with van der Waals surface area (Å²) in [5.74, 6) is 1.14. The van der Waals surface area contributed by atoms with Crippen molar-refractivity contribution in [2.75, 3.05) is 33.3 Å². The van der Waals surface area contributed by atoms with Crippen LogP contribution in [0.25, 0.3) is 0 Å². The molecule has 2 saturated heterocycles. The molecule has 2 fully saturated rings. The summed E-state index contributed by atoms with van der Waals surface area (Å²) in [4.78, 5) is 18.2. The van der Waals surface area contributed by atoms with Gasteiger partial charge in [0.25, 0.3) is 0 Å². The summed E-state index contributed by atoms with van der Waals surface area (Å²) >= 11 is 0. The molecule has 1 atom stereocenters. The minimum Gasteiger partial charge on any atom is -0.497 e. The molecule has 2 aromatic rings. The highest BCUT2D eigenvalue weighted by atomic mass is 16.5. The van der Waals surface area contributed by atoms with Crippen molar-refractivity contribution in [2.45, 2.75) is 38.3 Å². The Morgan fingerprint density at radius 1 is 1.00 bits per heavy atom. The Hall–Kier alpha value is -2.17. The quantitative estimate of drug-likeness (QED) is 0.688. The van der Waals surface area contributed by atoms with Gasteiger partial charge in [0, 0.05) is 30.6 Å². The molecule has 0 amide bonds. The van der Waals surface area contributed by atoms with Crippen LogP contribution in [0.15, 0.2) is 54.6 Å². The molecule has 0 radical (unpaired) electrons. The Bertz CT molecular complexity index is 799. The number of likely N-dealkylation sites (tertiary alicyclic amines) is 2. The van der Waals surface area contributed by atoms with Crippen molar-refractivity contribution in [1.82, 2.24) is 9.80 Å². The van der Waals surface area contributed by atoms with E-state index in [0.29, 0.717) is 6.04 Å². The maximum atomic E-state index is 13.1. The Morgan fingerprint density at radius 3 is 2.55 bits per heavy atom. The third-order valence-corrected chi connectivity index (χ3v) is 6.50. The molecule has 0 aliphatic carbocycles. The number of carbonyl (C=O) groups excluding carboxylic acids is 1. The van der Waals surface area contributed by atoms with Crippen molar-refractivity contribution in [3.05, 3.63) is 65.7 Å². The second-order valence-corrected chi connectivity index (χ2v) is 8.42. The zero-order chi connectivity index (χ0) is 20.1. The highest BCUT2D eigenvalue weighted by Gasteiger charge is 2.32. The number of hydrogen-bond donors (Lipinski definition) is 0. The van der Waals surface area contributed by atoms with Gasteiger partial charge in [0.1, 0.15) is 5.75 Å². The molecule has 0 saturated carbocycles. The van der Waals surface area contributed by atoms with Crippen molar-refractivity contribution >= 4 is 5.78 Å². The standard InChI is InChI=1S/C25H32N2O2/c1-29-24-11-5-9-21(17-24)25(28)22-10-6-14-27(19-22)23-12-15-26(16-13-23)18-20-7-3-2-4-8-20/h2-5,7-9,11,17,22-23H,6,10,12-16,18-19H2,1H3/t22-/m0/s1. The van der Waals surface area contributed by atoms with Crippen LogP contribution >= 0.6 is 0 Å². The summed E-state index contributed by atoms with van der Waals surface area (Å²) in [6, 6.07) is 19.0. The third kappa shape index (κ3) is 5.06. The molecule has 154 valence electrons. The molecule has 4 rings (SSSR count). The van der Waals surface area contributed by atoms with Crippen LogP contribution in [0.4, 0.5) is 0 Å². The molecule has 0 N–H and O–H groups in total. The number of methoxy groups -OCH3 is 1. The van der Waals surface area contributed by atoms with E-state index in [2.05, 4.69) is 40.1 Å². The monoisotopic (exact) mass is 392 g/mol. The Labute approximate surface area is 174 Å². The summed E-state index contributed by atoms with van der Waals surface area (Å²) in [6.07, 6.45) is 4.52. The minimum absolute atomic E-state index is 0.109. The van der Waals surface area contributed by atoms with Gasteiger partial charge >= 0.3 is 0 Å². The number of benzene rings is 2. The average molecular weight is 393 g/mol. The topological polar surface area (TPSA) is 32.8 Å². The van der Waals surface area contributed by atoms with Crippen LogP contribution in [-0.2, 0) is 6.54 Å². The number of rotatable bonds is 6. The van der Waals surface area contributed by atoms with Gasteiger partial charge in [-0.05, 0) is 63.0 Å². The molecule has 2 aliphatic heterocycles. The second kappa shape index (κ2) is 9.55. The average Bonchev–Trinajstić information content (AvgIpc) is 2.80. The molecule has 0 spiro atoms. The van der Waals surface area contributed by atoms with Crippen LogP contribution in [0.3, 0.4) is 0 Å². The fraction of sp³-hybridized carbons (Fsp3) is 0.480. The van der Waals surface area contributed by atoms with Crippen LogP contribution in [0, 0.1) is 5.92 Å². The number of ether oxygens (including phenoxy) is 1. The van der Waals surface area contributed by atoms with Crippen LogP contribution in [0.1, 0.15) is 41.6 Å². The summed E-state index contributed by atoms with van der Waals surface area (Å²) < 4.78 is 5.29. The predicted octanol–water partition coefficient (Wildman–Crippen LogP) is 4.25. The largest absolute Gasteiger partial charge is 0.497 e. The zero-order valence-electron chi connectivity index (χ0n) is 17.4. The van der Waals surface area contributed by atoms with E-state index in [1.54, 1.807) is 7.11 Å². The maximum absolute atomic E-state index is 13.1. The van der Waals surface area contributed by atoms with E-state index in [1.807, 2.05) is 24.3 Å². The molecule has 2 aliphatic rings. The summed E-state index contributed by atoms with van der Waals surface area (Å²) in [5, 5.41) is 0. The van der Waals surface area contributed by atoms with Crippen LogP contribution in [0.2, 0.25) is 0 Å². The lowest BCUT2D eigenvalue weighted by Crippen LogP contribution is -2.49. The van der Waals surface area contributed by atoms with Crippen molar-refractivity contribution < 1.29 is 9.53 Å². The molecule has 0 unspecified atom stereocenters. The van der Waals surface area contributed by atoms with Crippen LogP contribution in [0.5, 0.6) is 5.75 Å². The van der Waals surface area contributed by atoms with Crippen molar-refractivity contribution in [3.8, 4) is 5.75 Å². The van der Waals surface area contributed by atoms with Gasteiger partial charge in [-0.1, -0.05) is 42.5 Å². The summed E-state index contributed by atoms with van der Waals surface area (Å²) in [5.41, 5.74) is 2.18. The van der Waals surface area contributed by atoms with Crippen molar-refractivity contribution in [2.24, 2.45) is 5.92 Å². The van der Waals surface area contributed by atoms with E-state index in [9.17, 15) is 4.79 Å². The highest BCUT2D eigenvalue weighted by molar-refractivity contribution is 5.98. The van der Waals surface area contributed by atoms with E-state index < -0.39 is 0 Å². The van der Waals surface area contributed by atoms with E-state index in [4.69, 9.17) is 4.74 Å². The van der Waals surface area contributed by atoms with Gasteiger partial charge in [-0.25, -0.2) is 0 Å². The molecular formula is C25H32N2O2. The molecule has 0 aromatic heterocycles. The van der Waals surface area contributed by atoms with Gasteiger partial charge < -0.3 is 4.74 Å². The van der Waals surface area contributed by atoms with E-state index in [-0.39, 0.29) is 11.7 Å². The number of ketones is 1. The molecule has 2 heterocycles. The number of nitrogens with zero attached hydrogens (tertiary/aromatic N) is 2. The smallest absolute Gasteiger partial charge is 0.167 e.